The molecule has 0 radical (unpaired) electrons. The summed E-state index contributed by atoms with van der Waals surface area (Å²) in [6, 6.07) is 7.50. The molecule has 0 saturated heterocycles. The predicted molar refractivity (Wildman–Crippen MR) is 82.7 cm³/mol. The van der Waals surface area contributed by atoms with E-state index in [1.807, 2.05) is 45.0 Å². The van der Waals surface area contributed by atoms with Crippen LogP contribution in [0.25, 0.3) is 0 Å². The molecule has 1 rings (SSSR count). The lowest BCUT2D eigenvalue weighted by Gasteiger charge is -2.23. The Bertz CT molecular complexity index is 540. The number of ether oxygens (including phenoxy) is 1. The van der Waals surface area contributed by atoms with Gasteiger partial charge in [0.25, 0.3) is 0 Å². The van der Waals surface area contributed by atoms with Crippen LogP contribution in [-0.2, 0) is 9.53 Å². The summed E-state index contributed by atoms with van der Waals surface area (Å²) >= 11 is 0. The summed E-state index contributed by atoms with van der Waals surface area (Å²) in [6.45, 7) is 5.52. The summed E-state index contributed by atoms with van der Waals surface area (Å²) in [7, 11) is 1.60. The highest BCUT2D eigenvalue weighted by atomic mass is 16.5. The fourth-order valence-corrected chi connectivity index (χ4v) is 1.86. The highest BCUT2D eigenvalue weighted by molar-refractivity contribution is 5.77. The van der Waals surface area contributed by atoms with Gasteiger partial charge in [-0.15, -0.1) is 0 Å². The van der Waals surface area contributed by atoms with Crippen LogP contribution in [0.1, 0.15) is 44.4 Å². The Balaban J connectivity index is 2.71. The third kappa shape index (κ3) is 5.99. The van der Waals surface area contributed by atoms with Gasteiger partial charge in [-0.1, -0.05) is 24.0 Å². The Labute approximate surface area is 126 Å². The first-order chi connectivity index (χ1) is 9.88. The topological polar surface area (TPSA) is 58.6 Å². The van der Waals surface area contributed by atoms with E-state index in [1.165, 1.54) is 0 Å². The number of carbonyl (C=O) groups excluding carboxylic acids is 1. The maximum absolute atomic E-state index is 12.0. The van der Waals surface area contributed by atoms with Crippen LogP contribution in [-0.4, -0.2) is 30.3 Å². The minimum Gasteiger partial charge on any atom is -0.384 e. The van der Waals surface area contributed by atoms with Gasteiger partial charge in [0.2, 0.25) is 5.91 Å². The zero-order valence-corrected chi connectivity index (χ0v) is 13.1. The molecule has 1 aromatic rings. The molecule has 0 aliphatic rings. The van der Waals surface area contributed by atoms with Crippen molar-refractivity contribution in [1.29, 1.82) is 0 Å². The summed E-state index contributed by atoms with van der Waals surface area (Å²) in [4.78, 5) is 12.0. The van der Waals surface area contributed by atoms with Gasteiger partial charge >= 0.3 is 0 Å². The fourth-order valence-electron chi connectivity index (χ4n) is 1.86. The maximum atomic E-state index is 12.0. The first kappa shape index (κ1) is 17.2. The first-order valence-corrected chi connectivity index (χ1v) is 6.92. The molecule has 0 spiro atoms. The monoisotopic (exact) mass is 289 g/mol. The summed E-state index contributed by atoms with van der Waals surface area (Å²) in [5.41, 5.74) is 1.32. The lowest BCUT2D eigenvalue weighted by Crippen LogP contribution is -2.35. The Morgan fingerprint density at radius 1 is 1.48 bits per heavy atom. The van der Waals surface area contributed by atoms with Crippen molar-refractivity contribution in [3.05, 3.63) is 35.4 Å². The van der Waals surface area contributed by atoms with E-state index in [4.69, 9.17) is 9.84 Å². The van der Waals surface area contributed by atoms with Gasteiger partial charge in [0.1, 0.15) is 6.61 Å². The number of benzene rings is 1. The normalized spacial score (nSPS) is 12.2. The van der Waals surface area contributed by atoms with Crippen molar-refractivity contribution in [2.24, 2.45) is 0 Å². The molecular weight excluding hydrogens is 266 g/mol. The molecule has 0 aliphatic heterocycles. The second-order valence-electron chi connectivity index (χ2n) is 5.52. The lowest BCUT2D eigenvalue weighted by atomic mass is 10.0. The van der Waals surface area contributed by atoms with Crippen LogP contribution in [0.5, 0.6) is 0 Å². The number of hydrogen-bond donors (Lipinski definition) is 2. The molecule has 4 heteroatoms. The molecule has 4 nitrogen and oxygen atoms in total. The lowest BCUT2D eigenvalue weighted by molar-refractivity contribution is -0.126. The average Bonchev–Trinajstić information content (AvgIpc) is 2.44. The average molecular weight is 289 g/mol. The predicted octanol–water partition coefficient (Wildman–Crippen LogP) is 2.02. The zero-order chi connectivity index (χ0) is 15.9. The van der Waals surface area contributed by atoms with Gasteiger partial charge in [-0.2, -0.15) is 0 Å². The van der Waals surface area contributed by atoms with Crippen LogP contribution >= 0.6 is 0 Å². The Morgan fingerprint density at radius 2 is 2.19 bits per heavy atom. The molecule has 0 heterocycles. The van der Waals surface area contributed by atoms with E-state index in [1.54, 1.807) is 7.11 Å². The van der Waals surface area contributed by atoms with E-state index in [9.17, 15) is 4.79 Å². The third-order valence-electron chi connectivity index (χ3n) is 3.21. The van der Waals surface area contributed by atoms with E-state index in [2.05, 4.69) is 17.2 Å². The van der Waals surface area contributed by atoms with E-state index in [0.717, 1.165) is 11.1 Å². The Kier molecular flexibility index (Phi) is 6.41. The summed E-state index contributed by atoms with van der Waals surface area (Å²) in [5, 5.41) is 11.7. The maximum Gasteiger partial charge on any atom is 0.223 e. The zero-order valence-electron chi connectivity index (χ0n) is 13.1. The van der Waals surface area contributed by atoms with Crippen molar-refractivity contribution in [2.45, 2.75) is 38.8 Å². The van der Waals surface area contributed by atoms with E-state index in [0.29, 0.717) is 6.42 Å². The van der Waals surface area contributed by atoms with Crippen LogP contribution in [0, 0.1) is 11.8 Å². The van der Waals surface area contributed by atoms with E-state index >= 15 is 0 Å². The van der Waals surface area contributed by atoms with Crippen LogP contribution in [0.4, 0.5) is 0 Å². The Hall–Kier alpha value is -1.83. The SMILES string of the molecule is COC(C)(C)CC(=O)NC(C)c1cccc(C#CCO)c1. The van der Waals surface area contributed by atoms with Crippen molar-refractivity contribution in [3.63, 3.8) is 0 Å². The molecule has 2 N–H and O–H groups in total. The van der Waals surface area contributed by atoms with Crippen molar-refractivity contribution in [3.8, 4) is 11.8 Å². The van der Waals surface area contributed by atoms with Crippen molar-refractivity contribution < 1.29 is 14.6 Å². The molecule has 1 atom stereocenters. The molecule has 21 heavy (non-hydrogen) atoms. The Morgan fingerprint density at radius 3 is 2.81 bits per heavy atom. The first-order valence-electron chi connectivity index (χ1n) is 6.92. The standard InChI is InChI=1S/C17H23NO3/c1-13(18-16(20)12-17(2,3)21-4)15-9-5-7-14(11-15)8-6-10-19/h5,7,9,11,13,19H,10,12H2,1-4H3,(H,18,20). The number of methoxy groups -OCH3 is 1. The smallest absolute Gasteiger partial charge is 0.223 e. The van der Waals surface area contributed by atoms with Gasteiger partial charge in [0.15, 0.2) is 0 Å². The van der Waals surface area contributed by atoms with Gasteiger partial charge in [-0.3, -0.25) is 4.79 Å². The molecule has 0 aliphatic carbocycles. The van der Waals surface area contributed by atoms with Gasteiger partial charge < -0.3 is 15.2 Å². The van der Waals surface area contributed by atoms with Gasteiger partial charge in [0.05, 0.1) is 18.1 Å². The summed E-state index contributed by atoms with van der Waals surface area (Å²) in [6.07, 6.45) is 0.303. The quantitative estimate of drug-likeness (QED) is 0.815. The third-order valence-corrected chi connectivity index (χ3v) is 3.21. The second-order valence-corrected chi connectivity index (χ2v) is 5.52. The van der Waals surface area contributed by atoms with Gasteiger partial charge in [-0.05, 0) is 38.5 Å². The minimum atomic E-state index is -0.474. The number of aliphatic hydroxyl groups is 1. The highest BCUT2D eigenvalue weighted by Gasteiger charge is 2.22. The van der Waals surface area contributed by atoms with Crippen molar-refractivity contribution >= 4 is 5.91 Å². The number of amides is 1. The molecule has 0 fully saturated rings. The van der Waals surface area contributed by atoms with Crippen LogP contribution in [0.2, 0.25) is 0 Å². The number of nitrogens with one attached hydrogen (secondary N) is 1. The molecule has 0 bridgehead atoms. The molecule has 0 saturated carbocycles. The number of rotatable bonds is 5. The van der Waals surface area contributed by atoms with E-state index in [-0.39, 0.29) is 18.6 Å². The van der Waals surface area contributed by atoms with Gasteiger partial charge in [0, 0.05) is 12.7 Å². The summed E-state index contributed by atoms with van der Waals surface area (Å²) in [5.74, 6) is 5.41. The summed E-state index contributed by atoms with van der Waals surface area (Å²) < 4.78 is 5.26. The molecule has 1 unspecified atom stereocenters. The molecule has 1 amide bonds. The van der Waals surface area contributed by atoms with Gasteiger partial charge in [-0.25, -0.2) is 0 Å². The molecule has 0 aromatic heterocycles. The largest absolute Gasteiger partial charge is 0.384 e. The van der Waals surface area contributed by atoms with Crippen LogP contribution in [0.3, 0.4) is 0 Å². The molecule has 114 valence electrons. The second kappa shape index (κ2) is 7.82. The number of hydrogen-bond acceptors (Lipinski definition) is 3. The minimum absolute atomic E-state index is 0.0544. The van der Waals surface area contributed by atoms with E-state index < -0.39 is 5.60 Å². The van der Waals surface area contributed by atoms with Crippen LogP contribution < -0.4 is 5.32 Å². The number of carbonyl (C=O) groups is 1. The highest BCUT2D eigenvalue weighted by Crippen LogP contribution is 2.17. The molecular formula is C17H23NO3. The van der Waals surface area contributed by atoms with Crippen molar-refractivity contribution in [2.75, 3.05) is 13.7 Å². The fraction of sp³-hybridized carbons (Fsp3) is 0.471. The number of aliphatic hydroxyl groups excluding tert-OH is 1. The van der Waals surface area contributed by atoms with Crippen LogP contribution in [0.15, 0.2) is 24.3 Å². The van der Waals surface area contributed by atoms with Crippen molar-refractivity contribution in [1.82, 2.24) is 5.32 Å². The molecule has 1 aromatic carbocycles.